The van der Waals surface area contributed by atoms with Gasteiger partial charge in [0.1, 0.15) is 5.75 Å². The highest BCUT2D eigenvalue weighted by Gasteiger charge is 2.26. The number of benzene rings is 2. The van der Waals surface area contributed by atoms with Crippen LogP contribution in [-0.4, -0.2) is 23.6 Å². The molecule has 0 radical (unpaired) electrons. The Balaban J connectivity index is 1.98. The van der Waals surface area contributed by atoms with Crippen LogP contribution >= 0.6 is 11.6 Å². The number of hydrazine groups is 1. The van der Waals surface area contributed by atoms with Gasteiger partial charge in [-0.25, -0.2) is 5.84 Å². The summed E-state index contributed by atoms with van der Waals surface area (Å²) in [4.78, 5) is 15.8. The molecule has 0 spiro atoms. The van der Waals surface area contributed by atoms with Gasteiger partial charge in [-0.15, -0.1) is 0 Å². The molecule has 0 unspecified atom stereocenters. The van der Waals surface area contributed by atoms with Crippen molar-refractivity contribution in [3.63, 3.8) is 0 Å². The normalized spacial score (nSPS) is 12.0. The maximum Gasteiger partial charge on any atom is 0.389 e. The number of amidine groups is 1. The van der Waals surface area contributed by atoms with Crippen LogP contribution in [0.25, 0.3) is 22.4 Å². The van der Waals surface area contributed by atoms with E-state index in [1.165, 1.54) is 6.07 Å². The molecule has 0 saturated carbocycles. The van der Waals surface area contributed by atoms with E-state index in [0.717, 1.165) is 11.1 Å². The third-order valence-corrected chi connectivity index (χ3v) is 5.32. The number of hydrogen-bond donors (Lipinski definition) is 4. The summed E-state index contributed by atoms with van der Waals surface area (Å²) < 4.78 is 42.2. The van der Waals surface area contributed by atoms with E-state index in [1.54, 1.807) is 18.2 Å². The summed E-state index contributed by atoms with van der Waals surface area (Å²) in [6, 6.07) is 13.9. The number of ether oxygens (including phenoxy) is 1. The number of aromatic amines is 1. The molecule has 1 heterocycles. The molecule has 11 heteroatoms. The van der Waals surface area contributed by atoms with Gasteiger partial charge in [-0.1, -0.05) is 41.4 Å². The summed E-state index contributed by atoms with van der Waals surface area (Å²) in [6.45, 7) is 1.83. The van der Waals surface area contributed by atoms with Gasteiger partial charge in [0.05, 0.1) is 22.9 Å². The molecule has 0 amide bonds. The lowest BCUT2D eigenvalue weighted by molar-refractivity contribution is -0.136. The minimum atomic E-state index is -4.23. The predicted molar refractivity (Wildman–Crippen MR) is 127 cm³/mol. The summed E-state index contributed by atoms with van der Waals surface area (Å²) in [5, 5.41) is 3.82. The molecule has 0 aliphatic heterocycles. The summed E-state index contributed by atoms with van der Waals surface area (Å²) in [7, 11) is 0. The number of H-pyrrole nitrogens is 1. The summed E-state index contributed by atoms with van der Waals surface area (Å²) in [5.74, 6) is 11.2. The summed E-state index contributed by atoms with van der Waals surface area (Å²) in [5.41, 5.74) is 5.17. The van der Waals surface area contributed by atoms with E-state index in [1.807, 2.05) is 31.2 Å². The van der Waals surface area contributed by atoms with Gasteiger partial charge in [0, 0.05) is 17.5 Å². The molecule has 0 bridgehead atoms. The lowest BCUT2D eigenvalue weighted by Gasteiger charge is -2.14. The van der Waals surface area contributed by atoms with E-state index >= 15 is 0 Å². The number of rotatable bonds is 7. The Morgan fingerprint density at radius 3 is 2.44 bits per heavy atom. The Kier molecular flexibility index (Phi) is 7.85. The predicted octanol–water partition coefficient (Wildman–Crippen LogP) is 4.48. The lowest BCUT2D eigenvalue weighted by Crippen LogP contribution is -2.36. The zero-order valence-electron chi connectivity index (χ0n) is 18.2. The molecule has 0 saturated heterocycles. The van der Waals surface area contributed by atoms with Crippen molar-refractivity contribution in [1.82, 2.24) is 10.4 Å². The first-order chi connectivity index (χ1) is 16.1. The summed E-state index contributed by atoms with van der Waals surface area (Å²) in [6.07, 6.45) is -5.33. The van der Waals surface area contributed by atoms with Crippen LogP contribution in [0.3, 0.4) is 0 Å². The monoisotopic (exact) mass is 493 g/mol. The number of nitrogens with two attached hydrogens (primary N) is 2. The van der Waals surface area contributed by atoms with Crippen molar-refractivity contribution in [2.24, 2.45) is 16.8 Å². The van der Waals surface area contributed by atoms with Crippen LogP contribution in [0, 0.1) is 6.92 Å². The minimum absolute atomic E-state index is 0.00271. The SMILES string of the molecule is Cc1ccc(-c2cc(-c3ccc(OCCCC(F)(F)F)cc3Cl)[nH]c(=O)c2/C(=N/N)NN)cc1. The third kappa shape index (κ3) is 6.09. The van der Waals surface area contributed by atoms with Crippen molar-refractivity contribution in [3.8, 4) is 28.1 Å². The molecule has 1 aromatic heterocycles. The Morgan fingerprint density at radius 2 is 1.85 bits per heavy atom. The summed E-state index contributed by atoms with van der Waals surface area (Å²) >= 11 is 6.42. The van der Waals surface area contributed by atoms with E-state index in [9.17, 15) is 18.0 Å². The molecule has 3 aromatic rings. The number of hydrazone groups is 1. The Labute approximate surface area is 198 Å². The van der Waals surface area contributed by atoms with Gasteiger partial charge in [0.2, 0.25) is 0 Å². The fraction of sp³-hybridized carbons (Fsp3) is 0.217. The van der Waals surface area contributed by atoms with Crippen LogP contribution in [0.2, 0.25) is 5.02 Å². The highest BCUT2D eigenvalue weighted by atomic mass is 35.5. The van der Waals surface area contributed by atoms with E-state index in [2.05, 4.69) is 15.5 Å². The van der Waals surface area contributed by atoms with Crippen LogP contribution < -0.4 is 27.4 Å². The maximum absolute atomic E-state index is 13.0. The largest absolute Gasteiger partial charge is 0.494 e. The van der Waals surface area contributed by atoms with Crippen LogP contribution in [-0.2, 0) is 0 Å². The number of nitrogens with zero attached hydrogens (tertiary/aromatic N) is 1. The Morgan fingerprint density at radius 1 is 1.15 bits per heavy atom. The first-order valence-corrected chi connectivity index (χ1v) is 10.6. The fourth-order valence-electron chi connectivity index (χ4n) is 3.34. The van der Waals surface area contributed by atoms with Crippen LogP contribution in [0.4, 0.5) is 13.2 Å². The molecule has 180 valence electrons. The molecule has 0 atom stereocenters. The zero-order chi connectivity index (χ0) is 24.9. The van der Waals surface area contributed by atoms with Gasteiger partial charge in [-0.3, -0.25) is 4.79 Å². The topological polar surface area (TPSA) is 119 Å². The molecule has 3 rings (SSSR count). The quantitative estimate of drug-likeness (QED) is 0.127. The van der Waals surface area contributed by atoms with Crippen molar-refractivity contribution < 1.29 is 17.9 Å². The second kappa shape index (κ2) is 10.6. The maximum atomic E-state index is 13.0. The highest BCUT2D eigenvalue weighted by Crippen LogP contribution is 2.33. The zero-order valence-corrected chi connectivity index (χ0v) is 18.9. The molecule has 0 aliphatic rings. The van der Waals surface area contributed by atoms with Crippen LogP contribution in [0.15, 0.2) is 58.4 Å². The second-order valence-electron chi connectivity index (χ2n) is 7.50. The first-order valence-electron chi connectivity index (χ1n) is 10.2. The van der Waals surface area contributed by atoms with Crippen molar-refractivity contribution in [3.05, 3.63) is 75.0 Å². The van der Waals surface area contributed by atoms with Crippen molar-refractivity contribution in [2.45, 2.75) is 25.9 Å². The van der Waals surface area contributed by atoms with E-state index in [0.29, 0.717) is 22.6 Å². The lowest BCUT2D eigenvalue weighted by atomic mass is 9.97. The van der Waals surface area contributed by atoms with E-state index < -0.39 is 18.2 Å². The van der Waals surface area contributed by atoms with Gasteiger partial charge in [0.25, 0.3) is 5.56 Å². The molecule has 2 aromatic carbocycles. The standard InChI is InChI=1S/C23H23ClF3N5O2/c1-13-3-5-14(6-4-13)17-12-19(30-22(33)20(17)21(31-28)32-29)16-8-7-15(11-18(16)24)34-10-2-9-23(25,26)27/h3-8,11-12H,2,9-10,28-29H2,1H3,(H,30,33)(H,31,32). The minimum Gasteiger partial charge on any atom is -0.494 e. The van der Waals surface area contributed by atoms with Gasteiger partial charge in [0.15, 0.2) is 5.84 Å². The number of halogens is 4. The van der Waals surface area contributed by atoms with Crippen molar-refractivity contribution >= 4 is 17.4 Å². The van der Waals surface area contributed by atoms with Crippen molar-refractivity contribution in [2.75, 3.05) is 6.61 Å². The number of aryl methyl sites for hydroxylation is 1. The van der Waals surface area contributed by atoms with Gasteiger partial charge in [-0.05, 0) is 43.2 Å². The smallest absolute Gasteiger partial charge is 0.389 e. The number of nitrogens with one attached hydrogen (secondary N) is 2. The van der Waals surface area contributed by atoms with E-state index in [4.69, 9.17) is 28.0 Å². The average molecular weight is 494 g/mol. The number of pyridine rings is 1. The van der Waals surface area contributed by atoms with Gasteiger partial charge in [-0.2, -0.15) is 18.3 Å². The molecule has 6 N–H and O–H groups in total. The molecule has 0 aliphatic carbocycles. The van der Waals surface area contributed by atoms with Crippen LogP contribution in [0.1, 0.15) is 24.0 Å². The van der Waals surface area contributed by atoms with Gasteiger partial charge >= 0.3 is 6.18 Å². The second-order valence-corrected chi connectivity index (χ2v) is 7.90. The molecule has 7 nitrogen and oxygen atoms in total. The average Bonchev–Trinajstić information content (AvgIpc) is 2.78. The number of alkyl halides is 3. The Hall–Kier alpha value is -3.50. The van der Waals surface area contributed by atoms with Crippen molar-refractivity contribution in [1.29, 1.82) is 0 Å². The molecular formula is C23H23ClF3N5O2. The Bertz CT molecular complexity index is 1240. The highest BCUT2D eigenvalue weighted by molar-refractivity contribution is 6.33. The third-order valence-electron chi connectivity index (χ3n) is 5.00. The van der Waals surface area contributed by atoms with Gasteiger partial charge < -0.3 is 21.0 Å². The van der Waals surface area contributed by atoms with E-state index in [-0.39, 0.29) is 29.4 Å². The number of aromatic nitrogens is 1. The van der Waals surface area contributed by atoms with Crippen LogP contribution in [0.5, 0.6) is 5.75 Å². The number of hydrogen-bond acceptors (Lipinski definition) is 5. The fourth-order valence-corrected chi connectivity index (χ4v) is 3.61. The molecular weight excluding hydrogens is 471 g/mol. The molecule has 0 fully saturated rings. The first kappa shape index (κ1) is 25.1. The molecule has 34 heavy (non-hydrogen) atoms.